The predicted octanol–water partition coefficient (Wildman–Crippen LogP) is 1.15. The van der Waals surface area contributed by atoms with Crippen molar-refractivity contribution >= 4 is 10.0 Å². The molecule has 0 aliphatic rings. The second kappa shape index (κ2) is 6.38. The highest BCUT2D eigenvalue weighted by atomic mass is 32.2. The summed E-state index contributed by atoms with van der Waals surface area (Å²) < 4.78 is 28.7. The monoisotopic (exact) mass is 308 g/mol. The number of hydrogen-bond acceptors (Lipinski definition) is 4. The van der Waals surface area contributed by atoms with Crippen molar-refractivity contribution in [2.75, 3.05) is 0 Å². The van der Waals surface area contributed by atoms with Crippen molar-refractivity contribution in [3.63, 3.8) is 0 Å². The van der Waals surface area contributed by atoms with Crippen molar-refractivity contribution in [2.24, 2.45) is 5.73 Å². The van der Waals surface area contributed by atoms with Crippen LogP contribution in [-0.2, 0) is 29.7 Å². The third-order valence-electron chi connectivity index (χ3n) is 3.17. The Hall–Kier alpha value is -1.70. The van der Waals surface area contributed by atoms with Crippen molar-refractivity contribution in [3.8, 4) is 0 Å². The van der Waals surface area contributed by atoms with Gasteiger partial charge in [0, 0.05) is 19.6 Å². The first kappa shape index (κ1) is 15.7. The van der Waals surface area contributed by atoms with Gasteiger partial charge in [-0.05, 0) is 31.0 Å². The highest BCUT2D eigenvalue weighted by molar-refractivity contribution is 7.89. The number of hydrogen-bond donors (Lipinski definition) is 2. The van der Waals surface area contributed by atoms with E-state index < -0.39 is 10.0 Å². The second-order valence-electron chi connectivity index (χ2n) is 4.78. The normalized spacial score (nSPS) is 11.8. The lowest BCUT2D eigenvalue weighted by Crippen LogP contribution is -2.25. The molecular formula is C14H20N4O2S. The van der Waals surface area contributed by atoms with Crippen LogP contribution in [0.5, 0.6) is 0 Å². The first-order valence-electron chi connectivity index (χ1n) is 6.78. The highest BCUT2D eigenvalue weighted by Gasteiger charge is 2.19. The number of sulfonamides is 1. The summed E-state index contributed by atoms with van der Waals surface area (Å²) in [6.45, 7) is 4.85. The Balaban J connectivity index is 2.13. The van der Waals surface area contributed by atoms with Gasteiger partial charge in [0.2, 0.25) is 0 Å². The number of nitrogens with two attached hydrogens (primary N) is 1. The number of aryl methyl sites for hydroxylation is 2. The molecule has 0 unspecified atom stereocenters. The summed E-state index contributed by atoms with van der Waals surface area (Å²) in [4.78, 5) is 0. The molecule has 2 aromatic rings. The van der Waals surface area contributed by atoms with Crippen LogP contribution in [0.4, 0.5) is 0 Å². The molecule has 0 radical (unpaired) electrons. The molecule has 2 rings (SSSR count). The Morgan fingerprint density at radius 2 is 1.86 bits per heavy atom. The van der Waals surface area contributed by atoms with E-state index in [1.165, 1.54) is 4.68 Å². The molecule has 0 aliphatic carbocycles. The lowest BCUT2D eigenvalue weighted by atomic mass is 10.1. The fourth-order valence-electron chi connectivity index (χ4n) is 2.01. The SMILES string of the molecule is CCn1nc(C)cc1S(=O)(=O)NCc1ccc(CN)cc1. The van der Waals surface area contributed by atoms with E-state index in [1.54, 1.807) is 13.0 Å². The maximum atomic E-state index is 12.3. The van der Waals surface area contributed by atoms with Gasteiger partial charge in [-0.25, -0.2) is 13.1 Å². The lowest BCUT2D eigenvalue weighted by molar-refractivity contribution is 0.542. The van der Waals surface area contributed by atoms with Gasteiger partial charge in [0.05, 0.1) is 5.69 Å². The summed E-state index contributed by atoms with van der Waals surface area (Å²) in [5.41, 5.74) is 8.12. The number of nitrogens with zero attached hydrogens (tertiary/aromatic N) is 2. The third kappa shape index (κ3) is 3.69. The quantitative estimate of drug-likeness (QED) is 0.837. The maximum Gasteiger partial charge on any atom is 0.258 e. The van der Waals surface area contributed by atoms with Crippen molar-refractivity contribution < 1.29 is 8.42 Å². The molecule has 0 aliphatic heterocycles. The fourth-order valence-corrected chi connectivity index (χ4v) is 3.29. The Kier molecular flexibility index (Phi) is 4.76. The molecule has 114 valence electrons. The van der Waals surface area contributed by atoms with Crippen LogP contribution in [0.1, 0.15) is 23.7 Å². The summed E-state index contributed by atoms with van der Waals surface area (Å²) in [7, 11) is -3.57. The second-order valence-corrected chi connectivity index (χ2v) is 6.50. The van der Waals surface area contributed by atoms with E-state index in [1.807, 2.05) is 31.2 Å². The van der Waals surface area contributed by atoms with Gasteiger partial charge in [-0.2, -0.15) is 5.10 Å². The number of aromatic nitrogens is 2. The highest BCUT2D eigenvalue weighted by Crippen LogP contribution is 2.12. The molecule has 6 nitrogen and oxygen atoms in total. The smallest absolute Gasteiger partial charge is 0.258 e. The molecule has 0 bridgehead atoms. The van der Waals surface area contributed by atoms with Crippen LogP contribution in [0, 0.1) is 6.92 Å². The van der Waals surface area contributed by atoms with Crippen LogP contribution in [0.15, 0.2) is 35.4 Å². The van der Waals surface area contributed by atoms with Crippen LogP contribution < -0.4 is 10.5 Å². The molecule has 0 fully saturated rings. The van der Waals surface area contributed by atoms with Crippen LogP contribution in [0.2, 0.25) is 0 Å². The molecule has 0 amide bonds. The van der Waals surface area contributed by atoms with Crippen LogP contribution in [0.3, 0.4) is 0 Å². The lowest BCUT2D eigenvalue weighted by Gasteiger charge is -2.08. The molecular weight excluding hydrogens is 288 g/mol. The summed E-state index contributed by atoms with van der Waals surface area (Å²) in [5.74, 6) is 0. The minimum Gasteiger partial charge on any atom is -0.326 e. The fraction of sp³-hybridized carbons (Fsp3) is 0.357. The number of benzene rings is 1. The van der Waals surface area contributed by atoms with E-state index in [0.717, 1.165) is 11.1 Å². The first-order chi connectivity index (χ1) is 9.96. The standard InChI is InChI=1S/C14H20N4O2S/c1-3-18-14(8-11(2)17-18)21(19,20)16-10-13-6-4-12(9-15)5-7-13/h4-8,16H,3,9-10,15H2,1-2H3. The van der Waals surface area contributed by atoms with Crippen LogP contribution in [0.25, 0.3) is 0 Å². The van der Waals surface area contributed by atoms with Gasteiger partial charge in [0.25, 0.3) is 10.0 Å². The van der Waals surface area contributed by atoms with Gasteiger partial charge in [-0.3, -0.25) is 4.68 Å². The summed E-state index contributed by atoms with van der Waals surface area (Å²) >= 11 is 0. The molecule has 3 N–H and O–H groups in total. The largest absolute Gasteiger partial charge is 0.326 e. The van der Waals surface area contributed by atoms with Gasteiger partial charge in [0.1, 0.15) is 0 Å². The van der Waals surface area contributed by atoms with E-state index in [2.05, 4.69) is 9.82 Å². The van der Waals surface area contributed by atoms with E-state index in [9.17, 15) is 8.42 Å². The summed E-state index contributed by atoms with van der Waals surface area (Å²) in [5, 5.41) is 4.35. The Morgan fingerprint density at radius 3 is 2.43 bits per heavy atom. The molecule has 1 heterocycles. The molecule has 1 aromatic heterocycles. The van der Waals surface area contributed by atoms with E-state index in [0.29, 0.717) is 18.8 Å². The average molecular weight is 308 g/mol. The third-order valence-corrected chi connectivity index (χ3v) is 4.57. The van der Waals surface area contributed by atoms with Gasteiger partial charge in [-0.15, -0.1) is 0 Å². The van der Waals surface area contributed by atoms with Gasteiger partial charge in [0.15, 0.2) is 5.03 Å². The Morgan fingerprint density at radius 1 is 1.24 bits per heavy atom. The zero-order valence-corrected chi connectivity index (χ0v) is 13.0. The van der Waals surface area contributed by atoms with E-state index in [-0.39, 0.29) is 11.6 Å². The Bertz CT molecular complexity index is 705. The zero-order chi connectivity index (χ0) is 15.5. The van der Waals surface area contributed by atoms with E-state index >= 15 is 0 Å². The summed E-state index contributed by atoms with van der Waals surface area (Å²) in [6.07, 6.45) is 0. The van der Waals surface area contributed by atoms with Crippen molar-refractivity contribution in [1.82, 2.24) is 14.5 Å². The van der Waals surface area contributed by atoms with Crippen LogP contribution >= 0.6 is 0 Å². The molecule has 0 spiro atoms. The summed E-state index contributed by atoms with van der Waals surface area (Å²) in [6, 6.07) is 9.09. The van der Waals surface area contributed by atoms with Gasteiger partial charge >= 0.3 is 0 Å². The average Bonchev–Trinajstić information content (AvgIpc) is 2.88. The van der Waals surface area contributed by atoms with Crippen molar-refractivity contribution in [2.45, 2.75) is 38.5 Å². The topological polar surface area (TPSA) is 90.0 Å². The number of rotatable bonds is 6. The zero-order valence-electron chi connectivity index (χ0n) is 12.2. The predicted molar refractivity (Wildman–Crippen MR) is 81.0 cm³/mol. The van der Waals surface area contributed by atoms with Crippen molar-refractivity contribution in [1.29, 1.82) is 0 Å². The van der Waals surface area contributed by atoms with E-state index in [4.69, 9.17) is 5.73 Å². The molecule has 0 atom stereocenters. The minimum atomic E-state index is -3.57. The molecule has 1 aromatic carbocycles. The van der Waals surface area contributed by atoms with Gasteiger partial charge in [-0.1, -0.05) is 24.3 Å². The molecule has 21 heavy (non-hydrogen) atoms. The molecule has 0 saturated carbocycles. The first-order valence-corrected chi connectivity index (χ1v) is 8.26. The number of nitrogens with one attached hydrogen (secondary N) is 1. The molecule has 7 heteroatoms. The van der Waals surface area contributed by atoms with Crippen LogP contribution in [-0.4, -0.2) is 18.2 Å². The molecule has 0 saturated heterocycles. The minimum absolute atomic E-state index is 0.195. The van der Waals surface area contributed by atoms with Crippen molar-refractivity contribution in [3.05, 3.63) is 47.2 Å². The Labute approximate surface area is 125 Å². The maximum absolute atomic E-state index is 12.3. The van der Waals surface area contributed by atoms with Gasteiger partial charge < -0.3 is 5.73 Å².